The third kappa shape index (κ3) is 4.16. The van der Waals surface area contributed by atoms with Crippen LogP contribution < -0.4 is 0 Å². The van der Waals surface area contributed by atoms with E-state index in [-0.39, 0.29) is 16.8 Å². The Hall–Kier alpha value is -1.93. The van der Waals surface area contributed by atoms with Crippen LogP contribution in [0.5, 0.6) is 0 Å². The van der Waals surface area contributed by atoms with Crippen LogP contribution in [-0.2, 0) is 14.8 Å². The van der Waals surface area contributed by atoms with Crippen LogP contribution in [0.4, 0.5) is 0 Å². The normalized spacial score (nSPS) is 22.6. The van der Waals surface area contributed by atoms with E-state index < -0.39 is 21.9 Å². The maximum atomic E-state index is 12.9. The fourth-order valence-electron chi connectivity index (χ4n) is 3.85. The molecule has 148 valence electrons. The molecule has 2 aliphatic heterocycles. The second-order valence-corrected chi connectivity index (χ2v) is 9.28. The van der Waals surface area contributed by atoms with Crippen LogP contribution in [0.2, 0.25) is 0 Å². The first-order valence-electron chi connectivity index (χ1n) is 9.44. The first kappa shape index (κ1) is 19.8. The maximum Gasteiger partial charge on any atom is 0.306 e. The molecule has 1 N–H and O–H groups in total. The molecule has 27 heavy (non-hydrogen) atoms. The van der Waals surface area contributed by atoms with Gasteiger partial charge >= 0.3 is 5.97 Å². The predicted octanol–water partition coefficient (Wildman–Crippen LogP) is 2.19. The summed E-state index contributed by atoms with van der Waals surface area (Å²) in [7, 11) is -3.55. The lowest BCUT2D eigenvalue weighted by Gasteiger charge is -2.32. The number of aliphatic carboxylic acids is 1. The van der Waals surface area contributed by atoms with E-state index in [0.717, 1.165) is 19.3 Å². The van der Waals surface area contributed by atoms with Gasteiger partial charge in [-0.3, -0.25) is 9.59 Å². The number of carbonyl (C=O) groups is 2. The zero-order valence-electron chi connectivity index (χ0n) is 15.5. The van der Waals surface area contributed by atoms with Gasteiger partial charge in [-0.25, -0.2) is 8.42 Å². The van der Waals surface area contributed by atoms with Crippen molar-refractivity contribution >= 4 is 21.9 Å². The van der Waals surface area contributed by atoms with Gasteiger partial charge in [0.15, 0.2) is 0 Å². The SMILES string of the molecule is CC1CCCCN1S(=O)(=O)c1ccc(C(=O)N2CCC(C(=O)O)CC2)cc1. The number of likely N-dealkylation sites (tertiary alicyclic amines) is 1. The Labute approximate surface area is 160 Å². The zero-order valence-corrected chi connectivity index (χ0v) is 16.3. The Morgan fingerprint density at radius 3 is 2.19 bits per heavy atom. The molecular formula is C19H26N2O5S. The van der Waals surface area contributed by atoms with Crippen LogP contribution in [0, 0.1) is 5.92 Å². The van der Waals surface area contributed by atoms with Crippen LogP contribution >= 0.6 is 0 Å². The number of amides is 1. The van der Waals surface area contributed by atoms with Crippen LogP contribution in [-0.4, -0.2) is 60.3 Å². The van der Waals surface area contributed by atoms with Gasteiger partial charge in [0.1, 0.15) is 0 Å². The Morgan fingerprint density at radius 2 is 1.63 bits per heavy atom. The fraction of sp³-hybridized carbons (Fsp3) is 0.579. The summed E-state index contributed by atoms with van der Waals surface area (Å²) in [5.41, 5.74) is 0.425. The number of carboxylic acids is 1. The topological polar surface area (TPSA) is 95.0 Å². The molecule has 1 atom stereocenters. The molecule has 0 aromatic heterocycles. The first-order valence-corrected chi connectivity index (χ1v) is 10.9. The number of rotatable bonds is 4. The Bertz CT molecular complexity index is 798. The number of piperidine rings is 2. The lowest BCUT2D eigenvalue weighted by Crippen LogP contribution is -2.42. The average Bonchev–Trinajstić information content (AvgIpc) is 2.68. The molecule has 0 spiro atoms. The molecule has 2 heterocycles. The number of nitrogens with zero attached hydrogens (tertiary/aromatic N) is 2. The van der Waals surface area contributed by atoms with Crippen LogP contribution in [0.1, 0.15) is 49.4 Å². The molecule has 1 aromatic rings. The summed E-state index contributed by atoms with van der Waals surface area (Å²) in [6, 6.07) is 6.07. The summed E-state index contributed by atoms with van der Waals surface area (Å²) >= 11 is 0. The summed E-state index contributed by atoms with van der Waals surface area (Å²) in [6.45, 7) is 3.26. The van der Waals surface area contributed by atoms with Gasteiger partial charge in [0.05, 0.1) is 10.8 Å². The highest BCUT2D eigenvalue weighted by Gasteiger charge is 2.31. The van der Waals surface area contributed by atoms with Crippen molar-refractivity contribution in [2.75, 3.05) is 19.6 Å². The zero-order chi connectivity index (χ0) is 19.6. The number of hydrogen-bond acceptors (Lipinski definition) is 4. The number of carboxylic acid groups (broad SMARTS) is 1. The van der Waals surface area contributed by atoms with Crippen molar-refractivity contribution in [3.8, 4) is 0 Å². The van der Waals surface area contributed by atoms with E-state index in [9.17, 15) is 18.0 Å². The van der Waals surface area contributed by atoms with Crippen molar-refractivity contribution in [1.82, 2.24) is 9.21 Å². The van der Waals surface area contributed by atoms with Crippen molar-refractivity contribution in [3.05, 3.63) is 29.8 Å². The Morgan fingerprint density at radius 1 is 1.00 bits per heavy atom. The number of benzene rings is 1. The van der Waals surface area contributed by atoms with Crippen molar-refractivity contribution < 1.29 is 23.1 Å². The van der Waals surface area contributed by atoms with E-state index in [4.69, 9.17) is 5.11 Å². The van der Waals surface area contributed by atoms with Gasteiger partial charge in [0.25, 0.3) is 5.91 Å². The minimum Gasteiger partial charge on any atom is -0.481 e. The molecule has 2 saturated heterocycles. The smallest absolute Gasteiger partial charge is 0.306 e. The summed E-state index contributed by atoms with van der Waals surface area (Å²) in [5, 5.41) is 9.05. The van der Waals surface area contributed by atoms with Gasteiger partial charge in [-0.15, -0.1) is 0 Å². The van der Waals surface area contributed by atoms with E-state index in [1.807, 2.05) is 6.92 Å². The van der Waals surface area contributed by atoms with Crippen molar-refractivity contribution in [1.29, 1.82) is 0 Å². The molecule has 2 aliphatic rings. The third-order valence-electron chi connectivity index (χ3n) is 5.58. The second kappa shape index (κ2) is 7.98. The average molecular weight is 394 g/mol. The molecule has 0 radical (unpaired) electrons. The van der Waals surface area contributed by atoms with Crippen LogP contribution in [0.3, 0.4) is 0 Å². The van der Waals surface area contributed by atoms with Crippen molar-refractivity contribution in [3.63, 3.8) is 0 Å². The molecule has 2 fully saturated rings. The standard InChI is InChI=1S/C19H26N2O5S/c1-14-4-2-3-11-21(14)27(25,26)17-7-5-15(6-8-17)18(22)20-12-9-16(10-13-20)19(23)24/h5-8,14,16H,2-4,9-13H2,1H3,(H,23,24). The number of carbonyl (C=O) groups excluding carboxylic acids is 1. The summed E-state index contributed by atoms with van der Waals surface area (Å²) in [6.07, 6.45) is 3.66. The van der Waals surface area contributed by atoms with Crippen molar-refractivity contribution in [2.45, 2.75) is 50.0 Å². The van der Waals surface area contributed by atoms with Gasteiger partial charge in [-0.2, -0.15) is 4.31 Å². The molecule has 7 nitrogen and oxygen atoms in total. The van der Waals surface area contributed by atoms with Gasteiger partial charge in [0.2, 0.25) is 10.0 Å². The van der Waals surface area contributed by atoms with E-state index in [1.54, 1.807) is 21.3 Å². The lowest BCUT2D eigenvalue weighted by atomic mass is 9.96. The molecule has 0 bridgehead atoms. The van der Waals surface area contributed by atoms with Gasteiger partial charge in [0, 0.05) is 31.2 Å². The van der Waals surface area contributed by atoms with Crippen LogP contribution in [0.25, 0.3) is 0 Å². The Balaban J connectivity index is 1.70. The molecule has 0 aliphatic carbocycles. The predicted molar refractivity (Wildman–Crippen MR) is 99.9 cm³/mol. The van der Waals surface area contributed by atoms with Gasteiger partial charge < -0.3 is 10.0 Å². The minimum absolute atomic E-state index is 0.0133. The summed E-state index contributed by atoms with van der Waals surface area (Å²) < 4.78 is 27.3. The van der Waals surface area contributed by atoms with E-state index in [0.29, 0.717) is 38.0 Å². The van der Waals surface area contributed by atoms with Gasteiger partial charge in [-0.1, -0.05) is 6.42 Å². The fourth-order valence-corrected chi connectivity index (χ4v) is 5.55. The van der Waals surface area contributed by atoms with Crippen molar-refractivity contribution in [2.24, 2.45) is 5.92 Å². The largest absolute Gasteiger partial charge is 0.481 e. The second-order valence-electron chi connectivity index (χ2n) is 7.39. The van der Waals surface area contributed by atoms with Crippen LogP contribution in [0.15, 0.2) is 29.2 Å². The molecular weight excluding hydrogens is 368 g/mol. The molecule has 3 rings (SSSR count). The quantitative estimate of drug-likeness (QED) is 0.845. The first-order chi connectivity index (χ1) is 12.8. The maximum absolute atomic E-state index is 12.9. The Kier molecular flexibility index (Phi) is 5.86. The summed E-state index contributed by atoms with van der Waals surface area (Å²) in [4.78, 5) is 25.5. The monoisotopic (exact) mass is 394 g/mol. The van der Waals surface area contributed by atoms with E-state index in [1.165, 1.54) is 12.1 Å². The molecule has 0 saturated carbocycles. The number of sulfonamides is 1. The van der Waals surface area contributed by atoms with E-state index in [2.05, 4.69) is 0 Å². The minimum atomic E-state index is -3.55. The third-order valence-corrected chi connectivity index (χ3v) is 7.61. The highest BCUT2D eigenvalue weighted by Crippen LogP contribution is 2.26. The lowest BCUT2D eigenvalue weighted by molar-refractivity contribution is -0.143. The highest BCUT2D eigenvalue weighted by molar-refractivity contribution is 7.89. The number of hydrogen-bond donors (Lipinski definition) is 1. The molecule has 1 aromatic carbocycles. The molecule has 1 unspecified atom stereocenters. The van der Waals surface area contributed by atoms with E-state index >= 15 is 0 Å². The molecule has 8 heteroatoms. The van der Waals surface area contributed by atoms with Gasteiger partial charge in [-0.05, 0) is 56.9 Å². The highest BCUT2D eigenvalue weighted by atomic mass is 32.2. The summed E-state index contributed by atoms with van der Waals surface area (Å²) in [5.74, 6) is -1.40. The molecule has 1 amide bonds.